The number of ether oxygens (including phenoxy) is 6. The normalized spacial score (nSPS) is 11.4. The van der Waals surface area contributed by atoms with Gasteiger partial charge in [0.1, 0.15) is 0 Å². The van der Waals surface area contributed by atoms with Crippen LogP contribution in [-0.2, 0) is 0 Å². The molecule has 0 spiro atoms. The zero-order chi connectivity index (χ0) is 37.0. The lowest BCUT2D eigenvalue weighted by Gasteiger charge is -2.20. The van der Waals surface area contributed by atoms with Crippen LogP contribution in [0.1, 0.15) is 131 Å². The Labute approximate surface area is 322 Å². The molecule has 0 amide bonds. The highest BCUT2D eigenvalue weighted by molar-refractivity contribution is 9.09. The van der Waals surface area contributed by atoms with E-state index in [1.807, 2.05) is 0 Å². The first kappa shape index (κ1) is 41.7. The summed E-state index contributed by atoms with van der Waals surface area (Å²) in [5.41, 5.74) is 0. The molecule has 7 heteroatoms. The molecular weight excluding hydrogens is 716 g/mol. The molecular formula is C45H65BrO6. The van der Waals surface area contributed by atoms with Crippen LogP contribution in [0, 0.1) is 0 Å². The van der Waals surface area contributed by atoms with Gasteiger partial charge in [-0.15, -0.1) is 0 Å². The highest BCUT2D eigenvalue weighted by Gasteiger charge is 2.20. The Kier molecular flexibility index (Phi) is 18.9. The predicted molar refractivity (Wildman–Crippen MR) is 223 cm³/mol. The maximum Gasteiger partial charge on any atom is 0.161 e. The fourth-order valence-corrected chi connectivity index (χ4v) is 6.63. The average molecular weight is 782 g/mol. The van der Waals surface area contributed by atoms with Crippen molar-refractivity contribution in [1.82, 2.24) is 0 Å². The van der Waals surface area contributed by atoms with E-state index in [1.54, 1.807) is 0 Å². The highest BCUT2D eigenvalue weighted by atomic mass is 79.9. The lowest BCUT2D eigenvalue weighted by atomic mass is 9.93. The second-order valence-electron chi connectivity index (χ2n) is 13.8. The molecule has 6 nitrogen and oxygen atoms in total. The second-order valence-corrected chi connectivity index (χ2v) is 14.6. The summed E-state index contributed by atoms with van der Waals surface area (Å²) in [6.45, 7) is 14.8. The number of rotatable bonds is 28. The van der Waals surface area contributed by atoms with Crippen molar-refractivity contribution in [2.45, 2.75) is 131 Å². The molecule has 0 heterocycles. The van der Waals surface area contributed by atoms with E-state index in [4.69, 9.17) is 28.4 Å². The number of unbranched alkanes of at least 4 members (excludes halogenated alkanes) is 9. The molecule has 0 radical (unpaired) electrons. The summed E-state index contributed by atoms with van der Waals surface area (Å²) in [7, 11) is 0. The first-order chi connectivity index (χ1) is 25.6. The molecule has 288 valence electrons. The number of hydrogen-bond donors (Lipinski definition) is 0. The average Bonchev–Trinajstić information content (AvgIpc) is 3.15. The van der Waals surface area contributed by atoms with E-state index in [9.17, 15) is 0 Å². The fraction of sp³-hybridized carbons (Fsp3) is 0.600. The van der Waals surface area contributed by atoms with E-state index >= 15 is 0 Å². The van der Waals surface area contributed by atoms with Crippen LogP contribution >= 0.6 is 15.9 Å². The molecule has 4 rings (SSSR count). The lowest BCUT2D eigenvalue weighted by molar-refractivity contribution is 0.261. The van der Waals surface area contributed by atoms with Crippen LogP contribution in [0.4, 0.5) is 0 Å². The Morgan fingerprint density at radius 1 is 0.308 bits per heavy atom. The predicted octanol–water partition coefficient (Wildman–Crippen LogP) is 13.8. The zero-order valence-corrected chi connectivity index (χ0v) is 34.4. The van der Waals surface area contributed by atoms with Crippen molar-refractivity contribution in [3.8, 4) is 34.5 Å². The van der Waals surface area contributed by atoms with Gasteiger partial charge in [0, 0.05) is 5.33 Å². The van der Waals surface area contributed by atoms with E-state index < -0.39 is 0 Å². The maximum atomic E-state index is 6.57. The van der Waals surface area contributed by atoms with Crippen LogP contribution in [0.2, 0.25) is 0 Å². The Bertz CT molecular complexity index is 1590. The van der Waals surface area contributed by atoms with Gasteiger partial charge in [0.2, 0.25) is 0 Å². The Balaban J connectivity index is 1.97. The summed E-state index contributed by atoms with van der Waals surface area (Å²) in [5.74, 6) is 4.71. The Hall–Kier alpha value is -3.06. The van der Waals surface area contributed by atoms with Crippen LogP contribution in [0.3, 0.4) is 0 Å². The standard InChI is InChI=1S/C45H65BrO6/c1-6-11-22-47-40-28-34-35-29-41(48-23-12-7-2)43(50-25-14-9-4)31-37(35)39-33-45(52-27-20-18-16-17-19-21-46)44(51-26-15-10-5)32-38(39)36(34)30-42(40)49-24-13-8-3/h28-33H,6-27H2,1-5H3. The van der Waals surface area contributed by atoms with Crippen molar-refractivity contribution in [1.29, 1.82) is 0 Å². The Morgan fingerprint density at radius 3 is 0.750 bits per heavy atom. The molecule has 0 unspecified atom stereocenters. The minimum atomic E-state index is 0.644. The zero-order valence-electron chi connectivity index (χ0n) is 32.8. The van der Waals surface area contributed by atoms with E-state index in [-0.39, 0.29) is 0 Å². The molecule has 4 aromatic carbocycles. The molecule has 0 aliphatic carbocycles. The topological polar surface area (TPSA) is 55.4 Å². The van der Waals surface area contributed by atoms with Crippen LogP contribution in [-0.4, -0.2) is 45.0 Å². The number of benzene rings is 4. The molecule has 0 N–H and O–H groups in total. The molecule has 0 aliphatic rings. The van der Waals surface area contributed by atoms with Gasteiger partial charge < -0.3 is 28.4 Å². The third-order valence-electron chi connectivity index (χ3n) is 9.43. The van der Waals surface area contributed by atoms with Crippen molar-refractivity contribution in [2.24, 2.45) is 0 Å². The van der Waals surface area contributed by atoms with Crippen molar-refractivity contribution in [3.05, 3.63) is 36.4 Å². The minimum Gasteiger partial charge on any atom is -0.490 e. The minimum absolute atomic E-state index is 0.644. The highest BCUT2D eigenvalue weighted by Crippen LogP contribution is 2.47. The second kappa shape index (κ2) is 23.6. The van der Waals surface area contributed by atoms with Gasteiger partial charge in [-0.2, -0.15) is 0 Å². The first-order valence-corrected chi connectivity index (χ1v) is 21.6. The van der Waals surface area contributed by atoms with Crippen LogP contribution in [0.5, 0.6) is 34.5 Å². The van der Waals surface area contributed by atoms with E-state index in [1.165, 1.54) is 19.3 Å². The summed E-state index contributed by atoms with van der Waals surface area (Å²) in [5, 5.41) is 7.63. The van der Waals surface area contributed by atoms with Crippen LogP contribution < -0.4 is 28.4 Å². The molecule has 4 aromatic rings. The van der Waals surface area contributed by atoms with Crippen molar-refractivity contribution in [2.75, 3.05) is 45.0 Å². The van der Waals surface area contributed by atoms with Gasteiger partial charge in [-0.3, -0.25) is 0 Å². The smallest absolute Gasteiger partial charge is 0.161 e. The molecule has 0 aliphatic heterocycles. The number of hydrogen-bond acceptors (Lipinski definition) is 6. The third-order valence-corrected chi connectivity index (χ3v) is 10.00. The largest absolute Gasteiger partial charge is 0.490 e. The molecule has 0 bridgehead atoms. The van der Waals surface area contributed by atoms with Crippen LogP contribution in [0.15, 0.2) is 36.4 Å². The van der Waals surface area contributed by atoms with Crippen molar-refractivity contribution in [3.63, 3.8) is 0 Å². The Morgan fingerprint density at radius 2 is 0.519 bits per heavy atom. The summed E-state index contributed by atoms with van der Waals surface area (Å²) in [4.78, 5) is 0. The summed E-state index contributed by atoms with van der Waals surface area (Å²) in [6.07, 6.45) is 16.1. The maximum absolute atomic E-state index is 6.57. The third kappa shape index (κ3) is 12.0. The van der Waals surface area contributed by atoms with Crippen LogP contribution in [0.25, 0.3) is 32.3 Å². The molecule has 0 aromatic heterocycles. The fourth-order valence-electron chi connectivity index (χ4n) is 6.23. The first-order valence-electron chi connectivity index (χ1n) is 20.5. The monoisotopic (exact) mass is 780 g/mol. The molecule has 0 saturated carbocycles. The van der Waals surface area contributed by atoms with Crippen molar-refractivity contribution < 1.29 is 28.4 Å². The molecule has 0 fully saturated rings. The summed E-state index contributed by atoms with van der Waals surface area (Å²) < 4.78 is 38.8. The van der Waals surface area contributed by atoms with Gasteiger partial charge in [0.05, 0.1) is 39.6 Å². The summed E-state index contributed by atoms with van der Waals surface area (Å²) in [6, 6.07) is 13.1. The molecule has 0 atom stereocenters. The number of alkyl halides is 1. The quantitative estimate of drug-likeness (QED) is 0.0325. The van der Waals surface area contributed by atoms with Gasteiger partial charge in [0.15, 0.2) is 34.5 Å². The lowest BCUT2D eigenvalue weighted by Crippen LogP contribution is -2.04. The molecule has 0 saturated heterocycles. The molecule has 52 heavy (non-hydrogen) atoms. The van der Waals surface area contributed by atoms with E-state index in [0.29, 0.717) is 39.6 Å². The van der Waals surface area contributed by atoms with Gasteiger partial charge in [-0.05, 0) is 114 Å². The van der Waals surface area contributed by atoms with Gasteiger partial charge in [-0.1, -0.05) is 102 Å². The SMILES string of the molecule is CCCCOc1cc2c3cc(OCCCC)c(OCCCC)cc3c3cc(OCCCCCCCBr)c(OCCCC)cc3c2cc1OCCCC. The van der Waals surface area contributed by atoms with Gasteiger partial charge in [-0.25, -0.2) is 0 Å². The summed E-state index contributed by atoms with van der Waals surface area (Å²) >= 11 is 3.55. The number of halogens is 1. The van der Waals surface area contributed by atoms with E-state index in [0.717, 1.165) is 149 Å². The number of fused-ring (bicyclic) bond motifs is 6. The van der Waals surface area contributed by atoms with Gasteiger partial charge in [0.25, 0.3) is 0 Å². The van der Waals surface area contributed by atoms with Crippen molar-refractivity contribution >= 4 is 48.2 Å². The van der Waals surface area contributed by atoms with E-state index in [2.05, 4.69) is 86.9 Å². The van der Waals surface area contributed by atoms with Gasteiger partial charge >= 0.3 is 0 Å².